The van der Waals surface area contributed by atoms with Gasteiger partial charge in [0, 0.05) is 13.1 Å². The van der Waals surface area contributed by atoms with E-state index in [9.17, 15) is 19.2 Å². The zero-order valence-corrected chi connectivity index (χ0v) is 18.4. The van der Waals surface area contributed by atoms with Gasteiger partial charge in [0.05, 0.1) is 22.1 Å². The third-order valence-electron chi connectivity index (χ3n) is 4.81. The summed E-state index contributed by atoms with van der Waals surface area (Å²) in [6, 6.07) is 12.9. The molecule has 0 bridgehead atoms. The average molecular weight is 479 g/mol. The van der Waals surface area contributed by atoms with Crippen molar-refractivity contribution in [1.82, 2.24) is 10.2 Å². The van der Waals surface area contributed by atoms with E-state index in [0.717, 1.165) is 16.7 Å². The van der Waals surface area contributed by atoms with Crippen LogP contribution in [-0.4, -0.2) is 54.4 Å². The molecule has 34 heavy (non-hydrogen) atoms. The molecule has 0 aliphatic carbocycles. The van der Waals surface area contributed by atoms with Gasteiger partial charge in [-0.1, -0.05) is 6.07 Å². The van der Waals surface area contributed by atoms with Crippen LogP contribution in [0.25, 0.3) is 6.08 Å². The monoisotopic (exact) mass is 479 g/mol. The third kappa shape index (κ3) is 5.19. The number of rotatable bonds is 7. The van der Waals surface area contributed by atoms with Crippen molar-refractivity contribution in [2.24, 2.45) is 0 Å². The van der Waals surface area contributed by atoms with Crippen LogP contribution in [0.15, 0.2) is 47.4 Å². The summed E-state index contributed by atoms with van der Waals surface area (Å²) < 4.78 is 15.5. The maximum absolute atomic E-state index is 12.6. The maximum Gasteiger partial charge on any atom is 0.338 e. The van der Waals surface area contributed by atoms with Crippen molar-refractivity contribution in [3.8, 4) is 17.6 Å². The summed E-state index contributed by atoms with van der Waals surface area (Å²) in [6.07, 6.45) is 1.59. The van der Waals surface area contributed by atoms with E-state index in [2.05, 4.69) is 5.32 Å². The molecule has 2 aliphatic heterocycles. The topological polar surface area (TPSA) is 135 Å². The van der Waals surface area contributed by atoms with E-state index < -0.39 is 29.6 Å². The highest BCUT2D eigenvalue weighted by Crippen LogP contribution is 2.36. The minimum atomic E-state index is -0.709. The van der Waals surface area contributed by atoms with Crippen molar-refractivity contribution in [2.75, 3.05) is 26.5 Å². The number of hydrogen-bond acceptors (Lipinski definition) is 9. The average Bonchev–Trinajstić information content (AvgIpc) is 3.42. The standard InChI is InChI=1S/C23H17N3O7S/c24-11-14-1-4-16(5-2-14)22(29)31-12-20(27)25-7-8-26-21(28)19(34-23(26)30)10-15-3-6-17-18(9-15)33-13-32-17/h1-6,9-10H,7-8,12-13H2,(H,25,27). The van der Waals surface area contributed by atoms with Gasteiger partial charge in [-0.3, -0.25) is 19.3 Å². The van der Waals surface area contributed by atoms with Crippen molar-refractivity contribution in [2.45, 2.75) is 0 Å². The number of imide groups is 1. The first-order valence-corrected chi connectivity index (χ1v) is 10.9. The van der Waals surface area contributed by atoms with E-state index in [-0.39, 0.29) is 30.4 Å². The van der Waals surface area contributed by atoms with Gasteiger partial charge in [0.15, 0.2) is 18.1 Å². The molecule has 3 amide bonds. The lowest BCUT2D eigenvalue weighted by molar-refractivity contribution is -0.125. The second-order valence-corrected chi connectivity index (χ2v) is 8.05. The molecule has 2 aliphatic rings. The number of hydrogen-bond donors (Lipinski definition) is 1. The number of ether oxygens (including phenoxy) is 3. The van der Waals surface area contributed by atoms with Gasteiger partial charge in [0.25, 0.3) is 17.1 Å². The number of nitrogens with one attached hydrogen (secondary N) is 1. The molecule has 10 nitrogen and oxygen atoms in total. The molecule has 0 aromatic heterocycles. The number of benzene rings is 2. The van der Waals surface area contributed by atoms with E-state index >= 15 is 0 Å². The number of nitrogens with zero attached hydrogens (tertiary/aromatic N) is 2. The summed E-state index contributed by atoms with van der Waals surface area (Å²) in [5.74, 6) is -0.572. The Balaban J connectivity index is 1.24. The van der Waals surface area contributed by atoms with Crippen LogP contribution in [0.3, 0.4) is 0 Å². The van der Waals surface area contributed by atoms with Crippen LogP contribution in [0.2, 0.25) is 0 Å². The number of carbonyl (C=O) groups excluding carboxylic acids is 4. The molecule has 1 N–H and O–H groups in total. The molecule has 4 rings (SSSR count). The fraction of sp³-hybridized carbons (Fsp3) is 0.174. The summed E-state index contributed by atoms with van der Waals surface area (Å²) in [5, 5.41) is 10.8. The van der Waals surface area contributed by atoms with E-state index in [1.807, 2.05) is 6.07 Å². The van der Waals surface area contributed by atoms with Crippen LogP contribution in [-0.2, 0) is 14.3 Å². The van der Waals surface area contributed by atoms with E-state index in [1.165, 1.54) is 24.3 Å². The normalized spacial score (nSPS) is 15.4. The van der Waals surface area contributed by atoms with Crippen LogP contribution in [0.4, 0.5) is 4.79 Å². The first kappa shape index (κ1) is 22.9. The molecule has 1 saturated heterocycles. The largest absolute Gasteiger partial charge is 0.454 e. The molecular weight excluding hydrogens is 462 g/mol. The van der Waals surface area contributed by atoms with Gasteiger partial charge in [-0.15, -0.1) is 0 Å². The molecule has 172 valence electrons. The Kier molecular flexibility index (Phi) is 6.79. The molecule has 0 saturated carbocycles. The Morgan fingerprint density at radius 3 is 2.68 bits per heavy atom. The Hall–Kier alpha value is -4.30. The fourth-order valence-corrected chi connectivity index (χ4v) is 3.97. The minimum absolute atomic E-state index is 0.00257. The quantitative estimate of drug-likeness (QED) is 0.469. The van der Waals surface area contributed by atoms with Gasteiger partial charge in [0.2, 0.25) is 6.79 Å². The van der Waals surface area contributed by atoms with Crippen molar-refractivity contribution >= 4 is 40.9 Å². The Labute approximate surface area is 198 Å². The highest BCUT2D eigenvalue weighted by atomic mass is 32.2. The summed E-state index contributed by atoms with van der Waals surface area (Å²) in [5.41, 5.74) is 1.29. The molecular formula is C23H17N3O7S. The summed E-state index contributed by atoms with van der Waals surface area (Å²) in [6.45, 7) is -0.415. The molecule has 2 aromatic rings. The van der Waals surface area contributed by atoms with Gasteiger partial charge >= 0.3 is 5.97 Å². The zero-order valence-electron chi connectivity index (χ0n) is 17.6. The number of thioether (sulfide) groups is 1. The van der Waals surface area contributed by atoms with Crippen molar-refractivity contribution in [3.05, 3.63) is 64.1 Å². The number of esters is 1. The Morgan fingerprint density at radius 1 is 1.15 bits per heavy atom. The molecule has 0 spiro atoms. The smallest absolute Gasteiger partial charge is 0.338 e. The molecule has 0 unspecified atom stereocenters. The second kappa shape index (κ2) is 10.1. The molecule has 0 radical (unpaired) electrons. The summed E-state index contributed by atoms with van der Waals surface area (Å²) in [7, 11) is 0. The zero-order chi connectivity index (χ0) is 24.1. The lowest BCUT2D eigenvalue weighted by Crippen LogP contribution is -2.38. The molecule has 2 heterocycles. The van der Waals surface area contributed by atoms with Crippen molar-refractivity contribution in [3.63, 3.8) is 0 Å². The van der Waals surface area contributed by atoms with Crippen LogP contribution in [0.1, 0.15) is 21.5 Å². The van der Waals surface area contributed by atoms with Gasteiger partial charge < -0.3 is 19.5 Å². The van der Waals surface area contributed by atoms with Gasteiger partial charge in [-0.2, -0.15) is 5.26 Å². The fourth-order valence-electron chi connectivity index (χ4n) is 3.10. The van der Waals surface area contributed by atoms with Crippen LogP contribution in [0.5, 0.6) is 11.5 Å². The third-order valence-corrected chi connectivity index (χ3v) is 5.72. The highest BCUT2D eigenvalue weighted by Gasteiger charge is 2.34. The Morgan fingerprint density at radius 2 is 1.91 bits per heavy atom. The molecule has 0 atom stereocenters. The molecule has 2 aromatic carbocycles. The van der Waals surface area contributed by atoms with Crippen molar-refractivity contribution in [1.29, 1.82) is 5.26 Å². The van der Waals surface area contributed by atoms with Crippen LogP contribution < -0.4 is 14.8 Å². The van der Waals surface area contributed by atoms with Crippen LogP contribution in [0, 0.1) is 11.3 Å². The van der Waals surface area contributed by atoms with Gasteiger partial charge in [0.1, 0.15) is 0 Å². The van der Waals surface area contributed by atoms with Crippen molar-refractivity contribution < 1.29 is 33.4 Å². The van der Waals surface area contributed by atoms with E-state index in [1.54, 1.807) is 24.3 Å². The lowest BCUT2D eigenvalue weighted by atomic mass is 10.1. The number of nitriles is 1. The van der Waals surface area contributed by atoms with E-state index in [4.69, 9.17) is 19.5 Å². The van der Waals surface area contributed by atoms with Gasteiger partial charge in [-0.05, 0) is 59.8 Å². The number of carbonyl (C=O) groups is 4. The predicted molar refractivity (Wildman–Crippen MR) is 120 cm³/mol. The van der Waals surface area contributed by atoms with E-state index in [0.29, 0.717) is 22.6 Å². The Bertz CT molecular complexity index is 1230. The molecule has 1 fully saturated rings. The highest BCUT2D eigenvalue weighted by molar-refractivity contribution is 8.18. The summed E-state index contributed by atoms with van der Waals surface area (Å²) >= 11 is 0.807. The first-order chi connectivity index (χ1) is 16.4. The maximum atomic E-state index is 12.6. The SMILES string of the molecule is N#Cc1ccc(C(=O)OCC(=O)NCCN2C(=O)SC(=Cc3ccc4c(c3)OCO4)C2=O)cc1. The minimum Gasteiger partial charge on any atom is -0.454 e. The number of fused-ring (bicyclic) bond motifs is 1. The summed E-state index contributed by atoms with van der Waals surface area (Å²) in [4.78, 5) is 50.1. The molecule has 11 heteroatoms. The predicted octanol–water partition coefficient (Wildman–Crippen LogP) is 2.30. The van der Waals surface area contributed by atoms with Gasteiger partial charge in [-0.25, -0.2) is 4.79 Å². The lowest BCUT2D eigenvalue weighted by Gasteiger charge is -2.13. The number of amides is 3. The first-order valence-electron chi connectivity index (χ1n) is 10.0. The van der Waals surface area contributed by atoms with Crippen LogP contribution >= 0.6 is 11.8 Å². The second-order valence-electron chi connectivity index (χ2n) is 7.06.